The van der Waals surface area contributed by atoms with E-state index in [1.807, 2.05) is 0 Å². The molecule has 0 unspecified atom stereocenters. The highest BCUT2D eigenvalue weighted by molar-refractivity contribution is 5.73. The molecule has 1 heterocycles. The Kier molecular flexibility index (Phi) is 5.29. The van der Waals surface area contributed by atoms with Gasteiger partial charge in [0.05, 0.1) is 6.61 Å². The van der Waals surface area contributed by atoms with Gasteiger partial charge in [-0.2, -0.15) is 0 Å². The minimum Gasteiger partial charge on any atom is -0.394 e. The third kappa shape index (κ3) is 3.14. The van der Waals surface area contributed by atoms with Gasteiger partial charge in [-0.05, 0) is 0 Å². The minimum absolute atomic E-state index is 0.280. The van der Waals surface area contributed by atoms with E-state index in [2.05, 4.69) is 5.32 Å². The summed E-state index contributed by atoms with van der Waals surface area (Å²) in [6.45, 7) is 0.998. The van der Waals surface area contributed by atoms with Crippen LogP contribution in [0.3, 0.4) is 0 Å². The smallest absolute Gasteiger partial charge is 0.217 e. The van der Waals surface area contributed by atoms with Crippen molar-refractivity contribution in [3.05, 3.63) is 0 Å². The predicted molar refractivity (Wildman–Crippen MR) is 57.2 cm³/mol. The molecule has 1 aliphatic heterocycles. The van der Waals surface area contributed by atoms with Crippen LogP contribution in [-0.2, 0) is 19.0 Å². The lowest BCUT2D eigenvalue weighted by Crippen LogP contribution is -2.64. The lowest BCUT2D eigenvalue weighted by Gasteiger charge is -2.43. The molecule has 0 aromatic carbocycles. The quantitative estimate of drug-likeness (QED) is 0.545. The Bertz CT molecular complexity index is 261. The number of ether oxygens (including phenoxy) is 3. The summed E-state index contributed by atoms with van der Waals surface area (Å²) in [5, 5.41) is 21.6. The number of nitrogens with one attached hydrogen (secondary N) is 1. The van der Waals surface area contributed by atoms with Crippen molar-refractivity contribution >= 4 is 5.91 Å². The van der Waals surface area contributed by atoms with Gasteiger partial charge in [0.2, 0.25) is 5.91 Å². The van der Waals surface area contributed by atoms with Crippen LogP contribution in [0.4, 0.5) is 0 Å². The van der Waals surface area contributed by atoms with E-state index < -0.39 is 30.6 Å². The van der Waals surface area contributed by atoms with Crippen LogP contribution in [-0.4, -0.2) is 67.6 Å². The highest BCUT2D eigenvalue weighted by Crippen LogP contribution is 2.23. The molecule has 0 aromatic heterocycles. The molecular formula is C10H19NO6. The summed E-state index contributed by atoms with van der Waals surface area (Å²) in [4.78, 5) is 11.1. The maximum absolute atomic E-state index is 11.1. The fourth-order valence-corrected chi connectivity index (χ4v) is 1.94. The summed E-state index contributed by atoms with van der Waals surface area (Å²) in [7, 11) is 2.83. The van der Waals surface area contributed by atoms with Gasteiger partial charge in [0.1, 0.15) is 24.4 Å². The minimum atomic E-state index is -1.03. The molecule has 1 rings (SSSR count). The first kappa shape index (κ1) is 14.3. The Morgan fingerprint density at radius 1 is 1.41 bits per heavy atom. The van der Waals surface area contributed by atoms with Crippen LogP contribution in [0, 0.1) is 0 Å². The van der Waals surface area contributed by atoms with Gasteiger partial charge in [0.15, 0.2) is 6.29 Å². The van der Waals surface area contributed by atoms with Gasteiger partial charge >= 0.3 is 0 Å². The summed E-state index contributed by atoms with van der Waals surface area (Å²) in [6.07, 6.45) is -3.30. The Morgan fingerprint density at radius 3 is 2.47 bits per heavy atom. The fraction of sp³-hybridized carbons (Fsp3) is 0.900. The molecule has 1 saturated heterocycles. The van der Waals surface area contributed by atoms with Crippen LogP contribution in [0.15, 0.2) is 0 Å². The molecule has 3 N–H and O–H groups in total. The zero-order valence-corrected chi connectivity index (χ0v) is 10.1. The Labute approximate surface area is 99.7 Å². The van der Waals surface area contributed by atoms with E-state index in [0.717, 1.165) is 0 Å². The van der Waals surface area contributed by atoms with E-state index in [4.69, 9.17) is 19.3 Å². The molecule has 17 heavy (non-hydrogen) atoms. The van der Waals surface area contributed by atoms with Crippen LogP contribution >= 0.6 is 0 Å². The van der Waals surface area contributed by atoms with E-state index in [1.54, 1.807) is 0 Å². The zero-order chi connectivity index (χ0) is 13.0. The number of amides is 1. The summed E-state index contributed by atoms with van der Waals surface area (Å²) in [6, 6.07) is -0.625. The molecule has 1 amide bonds. The Hall–Kier alpha value is -0.730. The number of carbonyl (C=O) groups is 1. The van der Waals surface area contributed by atoms with Gasteiger partial charge in [-0.3, -0.25) is 4.79 Å². The largest absolute Gasteiger partial charge is 0.394 e. The Balaban J connectivity index is 2.86. The lowest BCUT2D eigenvalue weighted by atomic mass is 9.96. The second kappa shape index (κ2) is 6.27. The number of aliphatic hydroxyl groups excluding tert-OH is 2. The highest BCUT2D eigenvalue weighted by atomic mass is 16.7. The van der Waals surface area contributed by atoms with Crippen molar-refractivity contribution in [1.82, 2.24) is 5.32 Å². The fourth-order valence-electron chi connectivity index (χ4n) is 1.94. The molecule has 100 valence electrons. The van der Waals surface area contributed by atoms with Gasteiger partial charge in [0, 0.05) is 21.1 Å². The molecule has 7 nitrogen and oxygen atoms in total. The van der Waals surface area contributed by atoms with Crippen molar-refractivity contribution in [2.45, 2.75) is 37.6 Å². The van der Waals surface area contributed by atoms with Crippen molar-refractivity contribution in [2.75, 3.05) is 20.8 Å². The molecule has 0 aromatic rings. The van der Waals surface area contributed by atoms with Crippen LogP contribution in [0.1, 0.15) is 6.92 Å². The molecule has 1 aliphatic rings. The van der Waals surface area contributed by atoms with E-state index in [-0.39, 0.29) is 12.5 Å². The number of carbonyl (C=O) groups excluding carboxylic acids is 1. The van der Waals surface area contributed by atoms with Gasteiger partial charge < -0.3 is 29.7 Å². The molecule has 0 spiro atoms. The molecule has 5 atom stereocenters. The second-order valence-corrected chi connectivity index (χ2v) is 3.88. The molecular weight excluding hydrogens is 230 g/mol. The Morgan fingerprint density at radius 2 is 2.06 bits per heavy atom. The lowest BCUT2D eigenvalue weighted by molar-refractivity contribution is -0.266. The van der Waals surface area contributed by atoms with Crippen molar-refractivity contribution in [1.29, 1.82) is 0 Å². The van der Waals surface area contributed by atoms with Crippen LogP contribution in [0.25, 0.3) is 0 Å². The molecule has 0 saturated carbocycles. The molecule has 1 fully saturated rings. The first-order valence-electron chi connectivity index (χ1n) is 5.32. The van der Waals surface area contributed by atoms with E-state index in [9.17, 15) is 9.90 Å². The second-order valence-electron chi connectivity index (χ2n) is 3.88. The summed E-state index contributed by atoms with van der Waals surface area (Å²) in [5.41, 5.74) is 0. The van der Waals surface area contributed by atoms with Crippen LogP contribution < -0.4 is 5.32 Å². The SMILES string of the molecule is CO[C@H]1O[C@H](CO)[C@@H](O)[C@H](OC)[C@@H]1NC(C)=O. The topological polar surface area (TPSA) is 97.2 Å². The predicted octanol–water partition coefficient (Wildman–Crippen LogP) is -1.77. The van der Waals surface area contributed by atoms with Crippen LogP contribution in [0.2, 0.25) is 0 Å². The van der Waals surface area contributed by atoms with Crippen molar-refractivity contribution in [3.63, 3.8) is 0 Å². The first-order valence-corrected chi connectivity index (χ1v) is 5.32. The van der Waals surface area contributed by atoms with Gasteiger partial charge in [-0.1, -0.05) is 0 Å². The molecule has 0 bridgehead atoms. The van der Waals surface area contributed by atoms with Gasteiger partial charge in [-0.25, -0.2) is 0 Å². The third-order valence-corrected chi connectivity index (χ3v) is 2.73. The third-order valence-electron chi connectivity index (χ3n) is 2.73. The van der Waals surface area contributed by atoms with E-state index in [0.29, 0.717) is 0 Å². The van der Waals surface area contributed by atoms with Gasteiger partial charge in [-0.15, -0.1) is 0 Å². The van der Waals surface area contributed by atoms with Crippen LogP contribution in [0.5, 0.6) is 0 Å². The average Bonchev–Trinajstić information content (AvgIpc) is 2.29. The molecule has 0 aliphatic carbocycles. The monoisotopic (exact) mass is 249 g/mol. The maximum atomic E-state index is 11.1. The van der Waals surface area contributed by atoms with E-state index >= 15 is 0 Å². The normalized spacial score (nSPS) is 37.8. The number of hydrogen-bond acceptors (Lipinski definition) is 6. The van der Waals surface area contributed by atoms with Crippen molar-refractivity contribution < 1.29 is 29.2 Å². The van der Waals surface area contributed by atoms with Crippen molar-refractivity contribution in [2.24, 2.45) is 0 Å². The number of rotatable bonds is 4. The first-order chi connectivity index (χ1) is 8.04. The summed E-state index contributed by atoms with van der Waals surface area (Å²) in [5.74, 6) is -0.280. The van der Waals surface area contributed by atoms with Crippen molar-refractivity contribution in [3.8, 4) is 0 Å². The summed E-state index contributed by atoms with van der Waals surface area (Å²) >= 11 is 0. The number of aliphatic hydroxyl groups is 2. The molecule has 7 heteroatoms. The molecule has 0 radical (unpaired) electrons. The average molecular weight is 249 g/mol. The highest BCUT2D eigenvalue weighted by Gasteiger charge is 2.45. The standard InChI is InChI=1S/C10H19NO6/c1-5(13)11-7-9(15-2)8(14)6(4-12)17-10(7)16-3/h6-10,12,14H,4H2,1-3H3,(H,11,13)/t6-,7+,8-,9-,10+/m1/s1. The maximum Gasteiger partial charge on any atom is 0.217 e. The van der Waals surface area contributed by atoms with Gasteiger partial charge in [0.25, 0.3) is 0 Å². The summed E-state index contributed by atoms with van der Waals surface area (Å²) < 4.78 is 15.5. The number of methoxy groups -OCH3 is 2. The zero-order valence-electron chi connectivity index (χ0n) is 10.1. The van der Waals surface area contributed by atoms with E-state index in [1.165, 1.54) is 21.1 Å². The number of hydrogen-bond donors (Lipinski definition) is 3.